The summed E-state index contributed by atoms with van der Waals surface area (Å²) in [6, 6.07) is 0. The standard InChI is InChI=1S/C15H29P.C4H6O.2CHO.Ni/c1-2-13-16(14-9-5-3-6-10-14)15-11-7-4-8-12-15;1-3-4(2)5;2*1-2;/h14-15H,2-13H2,1H3;3H,1H2,2H3;2*1H;/q;;2*-1;+2/i;;2*1D;. The number of allylic oxidation sites excluding steroid dienone is 1. The first-order chi connectivity index (χ1) is 13.0. The Morgan fingerprint density at radius 1 is 1.04 bits per heavy atom. The Labute approximate surface area is 175 Å². The summed E-state index contributed by atoms with van der Waals surface area (Å²) in [6.07, 6.45) is 19.9. The molecule has 0 aromatic carbocycles. The van der Waals surface area contributed by atoms with Gasteiger partial charge in [0.1, 0.15) is 0 Å². The van der Waals surface area contributed by atoms with E-state index in [0.29, 0.717) is 7.92 Å². The molecule has 0 spiro atoms. The molecule has 0 aliphatic heterocycles. The minimum absolute atomic E-state index is 0. The van der Waals surface area contributed by atoms with Crippen LogP contribution in [0.15, 0.2) is 12.7 Å². The van der Waals surface area contributed by atoms with Gasteiger partial charge in [0.05, 0.1) is 0 Å². The summed E-state index contributed by atoms with van der Waals surface area (Å²) >= 11 is 0. The van der Waals surface area contributed by atoms with Crippen molar-refractivity contribution in [3.05, 3.63) is 12.7 Å². The van der Waals surface area contributed by atoms with Crippen molar-refractivity contribution in [2.45, 2.75) is 95.8 Å². The van der Waals surface area contributed by atoms with E-state index in [-0.39, 0.29) is 22.3 Å². The second-order valence-electron chi connectivity index (χ2n) is 6.64. The Morgan fingerprint density at radius 3 is 1.58 bits per heavy atom. The molecule has 154 valence electrons. The molecule has 5 heteroatoms. The van der Waals surface area contributed by atoms with E-state index < -0.39 is 0 Å². The van der Waals surface area contributed by atoms with E-state index in [4.69, 9.17) is 12.3 Å². The van der Waals surface area contributed by atoms with Crippen LogP contribution in [0.4, 0.5) is 0 Å². The molecule has 0 N–H and O–H groups in total. The molecule has 0 atom stereocenters. The second-order valence-corrected chi connectivity index (χ2v) is 9.57. The summed E-state index contributed by atoms with van der Waals surface area (Å²) in [4.78, 5) is 26.4. The Kier molecular flexibility index (Phi) is 22.4. The molecule has 2 aliphatic carbocycles. The van der Waals surface area contributed by atoms with Crippen LogP contribution in [0.25, 0.3) is 0 Å². The molecule has 0 aromatic heterocycles. The van der Waals surface area contributed by atoms with Crippen molar-refractivity contribution in [2.75, 3.05) is 6.16 Å². The molecule has 0 radical (unpaired) electrons. The average Bonchev–Trinajstić information content (AvgIpc) is 2.69. The number of carbonyl (C=O) groups is 1. The van der Waals surface area contributed by atoms with Crippen LogP contribution in [0.2, 0.25) is 0 Å². The second kappa shape index (κ2) is 22.7. The number of carbonyl (C=O) groups excluding carboxylic acids is 3. The van der Waals surface area contributed by atoms with Gasteiger partial charge in [-0.2, -0.15) is 2.74 Å². The van der Waals surface area contributed by atoms with Crippen molar-refractivity contribution in [3.8, 4) is 0 Å². The van der Waals surface area contributed by atoms with Gasteiger partial charge in [-0.1, -0.05) is 58.4 Å². The van der Waals surface area contributed by atoms with Gasteiger partial charge in [-0.3, -0.25) is 18.3 Å². The number of hydrogen-bond donors (Lipinski definition) is 0. The minimum Gasteiger partial charge on any atom is -0.545 e. The van der Waals surface area contributed by atoms with Crippen molar-refractivity contribution in [3.63, 3.8) is 0 Å². The molecule has 0 bridgehead atoms. The van der Waals surface area contributed by atoms with Crippen molar-refractivity contribution >= 4 is 27.2 Å². The van der Waals surface area contributed by atoms with Gasteiger partial charge < -0.3 is 9.59 Å². The smallest absolute Gasteiger partial charge is 0.545 e. The van der Waals surface area contributed by atoms with Crippen LogP contribution in [0.1, 0.15) is 87.2 Å². The molecule has 0 unspecified atom stereocenters. The molecule has 26 heavy (non-hydrogen) atoms. The fourth-order valence-corrected chi connectivity index (χ4v) is 7.65. The molecular formula is C21H37NiO3P. The SMILES string of the molecule is C=CC(C)=O.CCCP(C1CCCCC1)C1CCCCC1.[2H][C-]=O.[2H][C-]=O.[Ni+2]. The summed E-state index contributed by atoms with van der Waals surface area (Å²) in [5.74, 6) is 0.0185. The van der Waals surface area contributed by atoms with Gasteiger partial charge in [0.15, 0.2) is 5.78 Å². The summed E-state index contributed by atoms with van der Waals surface area (Å²) in [7, 11) is 0.403. The Balaban J connectivity index is -0.000000438. The number of hydrogen-bond acceptors (Lipinski definition) is 3. The van der Waals surface area contributed by atoms with E-state index in [1.807, 2.05) is 0 Å². The van der Waals surface area contributed by atoms with Crippen molar-refractivity contribution in [2.24, 2.45) is 0 Å². The van der Waals surface area contributed by atoms with Crippen LogP contribution < -0.4 is 0 Å². The van der Waals surface area contributed by atoms with Crippen LogP contribution >= 0.6 is 7.92 Å². The molecule has 2 fully saturated rings. The molecule has 0 aromatic rings. The predicted molar refractivity (Wildman–Crippen MR) is 110 cm³/mol. The first kappa shape index (κ1) is 25.7. The Hall–Kier alpha value is -0.326. The normalized spacial score (nSPS) is 17.8. The Morgan fingerprint density at radius 2 is 1.35 bits per heavy atom. The van der Waals surface area contributed by atoms with E-state index in [1.54, 1.807) is 57.5 Å². The third kappa shape index (κ3) is 14.8. The van der Waals surface area contributed by atoms with Gasteiger partial charge in [0.2, 0.25) is 0 Å². The maximum absolute atomic E-state index is 9.69. The van der Waals surface area contributed by atoms with Crippen molar-refractivity contribution in [1.82, 2.24) is 0 Å². The van der Waals surface area contributed by atoms with E-state index >= 15 is 0 Å². The summed E-state index contributed by atoms with van der Waals surface area (Å²) in [5, 5.41) is 0. The zero-order chi connectivity index (χ0) is 20.9. The third-order valence-corrected chi connectivity index (χ3v) is 8.73. The molecular weight excluding hydrogens is 390 g/mol. The molecule has 3 nitrogen and oxygen atoms in total. The molecule has 0 amide bonds. The largest absolute Gasteiger partial charge is 2.00 e. The van der Waals surface area contributed by atoms with Crippen LogP contribution in [0.3, 0.4) is 0 Å². The molecule has 0 heterocycles. The van der Waals surface area contributed by atoms with E-state index in [2.05, 4.69) is 13.5 Å². The van der Waals surface area contributed by atoms with Gasteiger partial charge in [0.25, 0.3) is 0 Å². The number of ketones is 1. The molecule has 0 saturated heterocycles. The summed E-state index contributed by atoms with van der Waals surface area (Å²) in [6.45, 7) is 8.58. The van der Waals surface area contributed by atoms with Crippen LogP contribution in [0, 0.1) is 0 Å². The first-order valence-corrected chi connectivity index (χ1v) is 11.1. The fraction of sp³-hybridized carbons (Fsp3) is 0.762. The van der Waals surface area contributed by atoms with Crippen LogP contribution in [-0.4, -0.2) is 36.8 Å². The molecule has 2 saturated carbocycles. The summed E-state index contributed by atoms with van der Waals surface area (Å²) < 4.78 is 10.8. The fourth-order valence-electron chi connectivity index (χ4n) is 3.75. The third-order valence-electron chi connectivity index (χ3n) is 4.86. The van der Waals surface area contributed by atoms with Crippen molar-refractivity contribution < 1.29 is 33.6 Å². The average molecular weight is 429 g/mol. The van der Waals surface area contributed by atoms with Gasteiger partial charge in [0, 0.05) is 0 Å². The van der Waals surface area contributed by atoms with E-state index in [9.17, 15) is 4.79 Å². The van der Waals surface area contributed by atoms with E-state index in [1.165, 1.54) is 43.6 Å². The van der Waals surface area contributed by atoms with Gasteiger partial charge in [-0.15, -0.1) is 7.92 Å². The van der Waals surface area contributed by atoms with Crippen LogP contribution in [0.5, 0.6) is 0 Å². The monoisotopic (exact) mass is 428 g/mol. The predicted octanol–water partition coefficient (Wildman–Crippen LogP) is 5.75. The van der Waals surface area contributed by atoms with Crippen molar-refractivity contribution in [1.29, 1.82) is 0 Å². The zero-order valence-corrected chi connectivity index (χ0v) is 18.3. The van der Waals surface area contributed by atoms with Gasteiger partial charge in [-0.05, 0) is 56.2 Å². The van der Waals surface area contributed by atoms with Gasteiger partial charge in [-0.25, -0.2) is 0 Å². The molecule has 2 aliphatic rings. The van der Waals surface area contributed by atoms with Gasteiger partial charge >= 0.3 is 16.5 Å². The molecule has 2 rings (SSSR count). The quantitative estimate of drug-likeness (QED) is 0.184. The first-order valence-electron chi connectivity index (χ1n) is 10.5. The summed E-state index contributed by atoms with van der Waals surface area (Å²) in [5.41, 5.74) is 2.35. The maximum Gasteiger partial charge on any atom is 2.00 e. The maximum atomic E-state index is 9.69. The topological polar surface area (TPSA) is 51.2 Å². The number of rotatable bonds is 5. The Bertz CT molecular complexity index is 362. The van der Waals surface area contributed by atoms with Crippen LogP contribution in [-0.2, 0) is 30.9 Å². The minimum atomic E-state index is 0. The zero-order valence-electron chi connectivity index (χ0n) is 18.4. The van der Waals surface area contributed by atoms with E-state index in [0.717, 1.165) is 13.5 Å².